The van der Waals surface area contributed by atoms with E-state index in [4.69, 9.17) is 9.47 Å². The monoisotopic (exact) mass is 299 g/mol. The van der Waals surface area contributed by atoms with Gasteiger partial charge in [-0.15, -0.1) is 0 Å². The summed E-state index contributed by atoms with van der Waals surface area (Å²) < 4.78 is 11.1. The van der Waals surface area contributed by atoms with Gasteiger partial charge < -0.3 is 14.8 Å². The van der Waals surface area contributed by atoms with E-state index in [9.17, 15) is 0 Å². The molecule has 1 N–H and O–H groups in total. The predicted octanol–water partition coefficient (Wildman–Crippen LogP) is 3.95. The molecule has 3 nitrogen and oxygen atoms in total. The smallest absolute Gasteiger partial charge is 0.123 e. The van der Waals surface area contributed by atoms with Crippen LogP contribution in [0.3, 0.4) is 0 Å². The molecular weight excluding hydrogens is 274 g/mol. The van der Waals surface area contributed by atoms with Gasteiger partial charge in [-0.25, -0.2) is 0 Å². The lowest BCUT2D eigenvalue weighted by molar-refractivity contribution is 0.305. The zero-order valence-corrected chi connectivity index (χ0v) is 13.5. The molecule has 3 heteroatoms. The normalized spacial score (nSPS) is 10.5. The second-order valence-corrected chi connectivity index (χ2v) is 5.36. The molecular formula is C19H25NO2. The highest BCUT2D eigenvalue weighted by Gasteiger charge is 2.00. The summed E-state index contributed by atoms with van der Waals surface area (Å²) in [4.78, 5) is 0. The minimum atomic E-state index is 0.763. The van der Waals surface area contributed by atoms with Gasteiger partial charge in [0.25, 0.3) is 0 Å². The van der Waals surface area contributed by atoms with Crippen molar-refractivity contribution in [3.05, 3.63) is 59.7 Å². The molecule has 0 spiro atoms. The lowest BCUT2D eigenvalue weighted by Gasteiger charge is -2.10. The predicted molar refractivity (Wildman–Crippen MR) is 90.6 cm³/mol. The van der Waals surface area contributed by atoms with Crippen LogP contribution in [0.4, 0.5) is 0 Å². The zero-order valence-electron chi connectivity index (χ0n) is 13.5. The van der Waals surface area contributed by atoms with Gasteiger partial charge in [-0.05, 0) is 44.5 Å². The summed E-state index contributed by atoms with van der Waals surface area (Å²) >= 11 is 0. The Kier molecular flexibility index (Phi) is 6.78. The summed E-state index contributed by atoms with van der Waals surface area (Å²) in [5, 5.41) is 3.45. The Hall–Kier alpha value is -2.00. The molecule has 2 aromatic rings. The van der Waals surface area contributed by atoms with Crippen molar-refractivity contribution in [1.82, 2.24) is 5.32 Å². The second-order valence-electron chi connectivity index (χ2n) is 5.36. The standard InChI is InChI=1S/C19H25NO2/c1-16-9-11-18(12-10-16)22-14-6-5-13-20-15-17-7-3-4-8-19(17)21-2/h3-4,7-12,20H,5-6,13-15H2,1-2H3. The van der Waals surface area contributed by atoms with Crippen molar-refractivity contribution in [2.24, 2.45) is 0 Å². The Bertz CT molecular complexity index is 552. The molecule has 0 heterocycles. The number of para-hydroxylation sites is 1. The van der Waals surface area contributed by atoms with Crippen molar-refractivity contribution in [2.75, 3.05) is 20.3 Å². The number of unbranched alkanes of at least 4 members (excludes halogenated alkanes) is 1. The third kappa shape index (κ3) is 5.41. The van der Waals surface area contributed by atoms with Crippen LogP contribution in [0.1, 0.15) is 24.0 Å². The molecule has 0 saturated carbocycles. The van der Waals surface area contributed by atoms with Crippen molar-refractivity contribution in [2.45, 2.75) is 26.3 Å². The van der Waals surface area contributed by atoms with Gasteiger partial charge in [-0.2, -0.15) is 0 Å². The highest BCUT2D eigenvalue weighted by atomic mass is 16.5. The molecule has 0 saturated heterocycles. The van der Waals surface area contributed by atoms with E-state index in [1.807, 2.05) is 30.3 Å². The molecule has 0 aromatic heterocycles. The molecule has 0 fully saturated rings. The SMILES string of the molecule is COc1ccccc1CNCCCCOc1ccc(C)cc1. The van der Waals surface area contributed by atoms with Crippen molar-refractivity contribution >= 4 is 0 Å². The average molecular weight is 299 g/mol. The molecule has 118 valence electrons. The number of methoxy groups -OCH3 is 1. The van der Waals surface area contributed by atoms with Gasteiger partial charge in [0.05, 0.1) is 13.7 Å². The lowest BCUT2D eigenvalue weighted by Crippen LogP contribution is -2.16. The van der Waals surface area contributed by atoms with Crippen molar-refractivity contribution in [3.8, 4) is 11.5 Å². The first kappa shape index (κ1) is 16.4. The minimum Gasteiger partial charge on any atom is -0.496 e. The zero-order chi connectivity index (χ0) is 15.6. The van der Waals surface area contributed by atoms with Gasteiger partial charge in [-0.1, -0.05) is 35.9 Å². The molecule has 0 amide bonds. The summed E-state index contributed by atoms with van der Waals surface area (Å²) in [7, 11) is 1.71. The van der Waals surface area contributed by atoms with Gasteiger partial charge in [0.15, 0.2) is 0 Å². The van der Waals surface area contributed by atoms with E-state index in [0.717, 1.165) is 44.0 Å². The first-order chi connectivity index (χ1) is 10.8. The van der Waals surface area contributed by atoms with E-state index >= 15 is 0 Å². The lowest BCUT2D eigenvalue weighted by atomic mass is 10.2. The van der Waals surface area contributed by atoms with E-state index in [0.29, 0.717) is 0 Å². The van der Waals surface area contributed by atoms with Crippen LogP contribution in [0, 0.1) is 6.92 Å². The summed E-state index contributed by atoms with van der Waals surface area (Å²) in [6.45, 7) is 4.66. The van der Waals surface area contributed by atoms with Crippen LogP contribution in [0.2, 0.25) is 0 Å². The average Bonchev–Trinajstić information content (AvgIpc) is 2.56. The first-order valence-electron chi connectivity index (χ1n) is 7.81. The van der Waals surface area contributed by atoms with E-state index in [1.54, 1.807) is 7.11 Å². The van der Waals surface area contributed by atoms with Crippen LogP contribution >= 0.6 is 0 Å². The van der Waals surface area contributed by atoms with Crippen molar-refractivity contribution < 1.29 is 9.47 Å². The number of benzene rings is 2. The number of rotatable bonds is 9. The highest BCUT2D eigenvalue weighted by Crippen LogP contribution is 2.16. The quantitative estimate of drug-likeness (QED) is 0.711. The maximum Gasteiger partial charge on any atom is 0.123 e. The number of aryl methyl sites for hydroxylation is 1. The first-order valence-corrected chi connectivity index (χ1v) is 7.81. The second kappa shape index (κ2) is 9.11. The van der Waals surface area contributed by atoms with Gasteiger partial charge in [0.2, 0.25) is 0 Å². The largest absolute Gasteiger partial charge is 0.496 e. The van der Waals surface area contributed by atoms with Gasteiger partial charge in [0.1, 0.15) is 11.5 Å². The third-order valence-electron chi connectivity index (χ3n) is 3.55. The number of ether oxygens (including phenoxy) is 2. The molecule has 0 unspecified atom stereocenters. The van der Waals surface area contributed by atoms with E-state index in [-0.39, 0.29) is 0 Å². The number of nitrogens with one attached hydrogen (secondary N) is 1. The molecule has 2 aromatic carbocycles. The van der Waals surface area contributed by atoms with Crippen LogP contribution in [0.5, 0.6) is 11.5 Å². The molecule has 0 aliphatic rings. The van der Waals surface area contributed by atoms with Crippen LogP contribution in [0.25, 0.3) is 0 Å². The molecule has 2 rings (SSSR count). The Morgan fingerprint density at radius 3 is 2.50 bits per heavy atom. The Morgan fingerprint density at radius 1 is 0.955 bits per heavy atom. The Labute approximate surface area is 133 Å². The van der Waals surface area contributed by atoms with Crippen molar-refractivity contribution in [3.63, 3.8) is 0 Å². The molecule has 0 bridgehead atoms. The Morgan fingerprint density at radius 2 is 1.73 bits per heavy atom. The van der Waals surface area contributed by atoms with Gasteiger partial charge >= 0.3 is 0 Å². The molecule has 0 atom stereocenters. The number of hydrogen-bond donors (Lipinski definition) is 1. The summed E-state index contributed by atoms with van der Waals surface area (Å²) in [5.41, 5.74) is 2.45. The van der Waals surface area contributed by atoms with Crippen LogP contribution in [-0.4, -0.2) is 20.3 Å². The van der Waals surface area contributed by atoms with Gasteiger partial charge in [-0.3, -0.25) is 0 Å². The minimum absolute atomic E-state index is 0.763. The van der Waals surface area contributed by atoms with Crippen LogP contribution < -0.4 is 14.8 Å². The Balaban J connectivity index is 1.57. The van der Waals surface area contributed by atoms with E-state index in [1.165, 1.54) is 11.1 Å². The third-order valence-corrected chi connectivity index (χ3v) is 3.55. The van der Waals surface area contributed by atoms with E-state index < -0.39 is 0 Å². The number of hydrogen-bond acceptors (Lipinski definition) is 3. The maximum atomic E-state index is 5.71. The topological polar surface area (TPSA) is 30.5 Å². The van der Waals surface area contributed by atoms with Gasteiger partial charge in [0, 0.05) is 12.1 Å². The van der Waals surface area contributed by atoms with E-state index in [2.05, 4.69) is 30.4 Å². The van der Waals surface area contributed by atoms with Crippen LogP contribution in [0.15, 0.2) is 48.5 Å². The summed E-state index contributed by atoms with van der Waals surface area (Å²) in [6, 6.07) is 16.3. The molecule has 0 aliphatic carbocycles. The summed E-state index contributed by atoms with van der Waals surface area (Å²) in [6.07, 6.45) is 2.15. The fraction of sp³-hybridized carbons (Fsp3) is 0.368. The molecule has 22 heavy (non-hydrogen) atoms. The molecule has 0 aliphatic heterocycles. The fourth-order valence-corrected chi connectivity index (χ4v) is 2.25. The summed E-state index contributed by atoms with van der Waals surface area (Å²) in [5.74, 6) is 1.89. The maximum absolute atomic E-state index is 5.71. The fourth-order valence-electron chi connectivity index (χ4n) is 2.25. The molecule has 0 radical (unpaired) electrons. The van der Waals surface area contributed by atoms with Crippen LogP contribution in [-0.2, 0) is 6.54 Å². The highest BCUT2D eigenvalue weighted by molar-refractivity contribution is 5.32. The van der Waals surface area contributed by atoms with Crippen molar-refractivity contribution in [1.29, 1.82) is 0 Å².